The fourth-order valence-electron chi connectivity index (χ4n) is 6.05. The van der Waals surface area contributed by atoms with E-state index in [4.69, 9.17) is 99.1 Å². The van der Waals surface area contributed by atoms with Gasteiger partial charge in [0.25, 0.3) is 39.6 Å². The molecular formula is C47H41Cl7N16O22S. The van der Waals surface area contributed by atoms with Gasteiger partial charge in [-0.1, -0.05) is 46.4 Å². The Balaban J connectivity index is 0.00000106. The van der Waals surface area contributed by atoms with Crippen molar-refractivity contribution in [2.45, 2.75) is 0 Å². The largest absolute Gasteiger partial charge is 0.478 e. The fourth-order valence-corrected chi connectivity index (χ4v) is 6.91. The van der Waals surface area contributed by atoms with Crippen molar-refractivity contribution < 1.29 is 71.9 Å². The second-order valence-corrected chi connectivity index (χ2v) is 21.2. The van der Waals surface area contributed by atoms with E-state index in [2.05, 4.69) is 56.5 Å². The van der Waals surface area contributed by atoms with Crippen molar-refractivity contribution in [1.82, 2.24) is 19.9 Å². The van der Waals surface area contributed by atoms with Crippen molar-refractivity contribution in [3.05, 3.63) is 211 Å². The quantitative estimate of drug-likeness (QED) is 0.0123. The van der Waals surface area contributed by atoms with Crippen molar-refractivity contribution in [1.29, 1.82) is 5.41 Å². The number of fused-ring (bicyclic) bond motifs is 2. The van der Waals surface area contributed by atoms with Gasteiger partial charge >= 0.3 is 32.1 Å². The molecule has 0 aliphatic carbocycles. The number of nitrogens with one attached hydrogen (secondary N) is 3. The first-order valence-electron chi connectivity index (χ1n) is 22.9. The monoisotopic (exact) mass is 1460 g/mol. The van der Waals surface area contributed by atoms with Crippen LogP contribution in [-0.4, -0.2) is 108 Å². The minimum Gasteiger partial charge on any atom is -0.478 e. The molecule has 0 bridgehead atoms. The van der Waals surface area contributed by atoms with E-state index < -0.39 is 62.4 Å². The first-order valence-corrected chi connectivity index (χ1v) is 27.6. The standard InChI is InChI=1S/C8H4ClN3O3.C8H6ClN3O.C8H7ClN2O4.C8H8N2O4.C7H5ClN2O4.C7H6N2O4.CH4N2.Cl2O2S.ClH/c9-5-1-4-6(2-7(5)12(14)15)10-3-11-8(4)13;9-5-1-4-7(2-6(5)10)11-3-12-8(4)13;1-15-8(12)4-2-5(9)7(11(13)14)3-6(4)10;1-14-8(11)6-3-2-5(10(12)13)4-7(6)9;8-4-1-3(7(11)12)5(9)2-6(4)10(13)14;8-6-3-4(9(12)13)1-2-5(6)7(10)11;2-1-3;1-5(2,3)4;/h1-3H,(H,10,11,13);1-3H,10H2,(H,11,12,13);2-3H,10H2,1H3;2-4H,9H2,1H3;1-2H,9H2,(H,11,12);1-3H,8H2,(H,10,11);1H,(H3,2,3);;1H. The van der Waals surface area contributed by atoms with Gasteiger partial charge in [0.2, 0.25) is 0 Å². The van der Waals surface area contributed by atoms with Crippen LogP contribution in [0.2, 0.25) is 20.1 Å². The van der Waals surface area contributed by atoms with E-state index in [1.54, 1.807) is 6.07 Å². The Bertz CT molecular complexity index is 4370. The molecule has 2 aromatic heterocycles. The summed E-state index contributed by atoms with van der Waals surface area (Å²) in [5, 5.41) is 75.6. The maximum Gasteiger partial charge on any atom is 0.340 e. The molecule has 2 heterocycles. The first kappa shape index (κ1) is 81.9. The number of nitrogens with zero attached hydrogens (tertiary/aromatic N) is 7. The number of ether oxygens (including phenoxy) is 2. The Morgan fingerprint density at radius 3 is 1.18 bits per heavy atom. The number of non-ortho nitro benzene ring substituents is 2. The van der Waals surface area contributed by atoms with E-state index in [9.17, 15) is 79.3 Å². The van der Waals surface area contributed by atoms with Crippen LogP contribution in [0.3, 0.4) is 0 Å². The van der Waals surface area contributed by atoms with Gasteiger partial charge < -0.3 is 64.1 Å². The molecule has 0 saturated heterocycles. The number of H-pyrrole nitrogens is 2. The van der Waals surface area contributed by atoms with E-state index in [0.29, 0.717) is 21.6 Å². The molecule has 93 heavy (non-hydrogen) atoms. The second-order valence-electron chi connectivity index (χ2n) is 15.9. The zero-order valence-corrected chi connectivity index (χ0v) is 52.2. The van der Waals surface area contributed by atoms with Crippen molar-refractivity contribution in [3.8, 4) is 0 Å². The number of rotatable bonds is 9. The number of aromatic amines is 2. The Kier molecular flexibility index (Phi) is 33.3. The van der Waals surface area contributed by atoms with Gasteiger partial charge in [0.05, 0.1) is 135 Å². The van der Waals surface area contributed by atoms with Gasteiger partial charge in [0.15, 0.2) is 0 Å². The Hall–Kier alpha value is -11.1. The zero-order chi connectivity index (χ0) is 70.8. The van der Waals surface area contributed by atoms with Crippen LogP contribution in [0.5, 0.6) is 0 Å². The summed E-state index contributed by atoms with van der Waals surface area (Å²) in [4.78, 5) is 127. The van der Waals surface area contributed by atoms with E-state index in [1.165, 1.54) is 57.2 Å². The summed E-state index contributed by atoms with van der Waals surface area (Å²) in [5.41, 5.74) is 30.0. The molecule has 8 aromatic rings. The minimum absolute atomic E-state index is 0. The lowest BCUT2D eigenvalue weighted by atomic mass is 10.1. The summed E-state index contributed by atoms with van der Waals surface area (Å²) >= 11 is 22.5. The van der Waals surface area contributed by atoms with Gasteiger partial charge in [-0.3, -0.25) is 65.6 Å². The van der Waals surface area contributed by atoms with Crippen LogP contribution >= 0.6 is 80.2 Å². The molecule has 0 atom stereocenters. The molecule has 0 radical (unpaired) electrons. The fraction of sp³-hybridized carbons (Fsp3) is 0.0426. The van der Waals surface area contributed by atoms with E-state index >= 15 is 0 Å². The van der Waals surface area contributed by atoms with Gasteiger partial charge in [-0.05, 0) is 42.5 Å². The van der Waals surface area contributed by atoms with Gasteiger partial charge in [0, 0.05) is 63.8 Å². The molecule has 0 amide bonds. The lowest BCUT2D eigenvalue weighted by molar-refractivity contribution is -0.385. The summed E-state index contributed by atoms with van der Waals surface area (Å²) in [5.74, 6) is -3.78. The van der Waals surface area contributed by atoms with Crippen LogP contribution in [0.15, 0.2) is 107 Å². The number of methoxy groups -OCH3 is 2. The SMILES string of the molecule is COC(=O)c1cc(Cl)c([N+](=O)[O-])cc1N.COC(=O)c1ccc([N+](=O)[O-])cc1N.Cl.N=CN.Nc1cc([N+](=O)[O-])c(Cl)cc1C(=O)O.Nc1cc([N+](=O)[O-])ccc1C(=O)O.Nc1cc2nc[nH]c(=O)c2cc1Cl.O=S(=O)(Cl)Cl.O=c1[nH]cnc2cc([N+](=O)[O-])c(Cl)cc12. The highest BCUT2D eigenvalue weighted by atomic mass is 36.0. The molecule has 0 saturated carbocycles. The lowest BCUT2D eigenvalue weighted by Crippen LogP contribution is -2.06. The third-order valence-electron chi connectivity index (χ3n) is 10.1. The molecule has 17 N–H and O–H groups in total. The molecule has 6 aromatic carbocycles. The number of nitro benzene ring substituents is 5. The summed E-state index contributed by atoms with van der Waals surface area (Å²) < 4.78 is 27.2. The average molecular weight is 1460 g/mol. The summed E-state index contributed by atoms with van der Waals surface area (Å²) in [6.45, 7) is 0. The summed E-state index contributed by atoms with van der Waals surface area (Å²) in [6, 6.07) is 16.3. The molecule has 0 aliphatic rings. The zero-order valence-electron chi connectivity index (χ0n) is 46.1. The number of halogens is 7. The molecule has 8 rings (SSSR count). The van der Waals surface area contributed by atoms with Crippen molar-refractivity contribution in [2.24, 2.45) is 5.73 Å². The Morgan fingerprint density at radius 1 is 0.516 bits per heavy atom. The third-order valence-corrected chi connectivity index (χ3v) is 11.3. The smallest absolute Gasteiger partial charge is 0.340 e. The van der Waals surface area contributed by atoms with Gasteiger partial charge in [-0.25, -0.2) is 29.1 Å². The van der Waals surface area contributed by atoms with E-state index in [1.807, 2.05) is 0 Å². The van der Waals surface area contributed by atoms with Crippen LogP contribution in [-0.2, 0) is 17.7 Å². The molecule has 38 nitrogen and oxygen atoms in total. The molecular weight excluding hydrogens is 1420 g/mol. The first-order chi connectivity index (χ1) is 42.7. The highest BCUT2D eigenvalue weighted by molar-refractivity contribution is 8.31. The molecule has 0 fully saturated rings. The van der Waals surface area contributed by atoms with Crippen molar-refractivity contribution in [2.75, 3.05) is 42.9 Å². The highest BCUT2D eigenvalue weighted by Crippen LogP contribution is 2.32. The summed E-state index contributed by atoms with van der Waals surface area (Å²) in [6.07, 6.45) is 3.26. The molecule has 46 heteroatoms. The number of carboxylic acid groups (broad SMARTS) is 2. The van der Waals surface area contributed by atoms with E-state index in [-0.39, 0.29) is 117 Å². The number of carbonyl (C=O) groups is 4. The molecule has 496 valence electrons. The molecule has 0 aliphatic heterocycles. The third kappa shape index (κ3) is 26.1. The molecule has 0 spiro atoms. The number of carboxylic acids is 2. The number of aromatic carboxylic acids is 2. The number of nitro groups is 5. The number of esters is 2. The normalized spacial score (nSPS) is 9.72. The van der Waals surface area contributed by atoms with Crippen LogP contribution in [0.4, 0.5) is 56.9 Å². The highest BCUT2D eigenvalue weighted by Gasteiger charge is 2.21. The lowest BCUT2D eigenvalue weighted by Gasteiger charge is -2.04. The van der Waals surface area contributed by atoms with Crippen LogP contribution in [0.25, 0.3) is 21.8 Å². The number of hydrogen-bond acceptors (Lipinski definition) is 28. The Labute approximate surface area is 551 Å². The van der Waals surface area contributed by atoms with Gasteiger partial charge in [-0.2, -0.15) is 8.42 Å². The number of benzene rings is 6. The average Bonchev–Trinajstić information content (AvgIpc) is 0.924. The predicted octanol–water partition coefficient (Wildman–Crippen LogP) is 8.31. The van der Waals surface area contributed by atoms with Gasteiger partial charge in [-0.15, -0.1) is 12.4 Å². The number of hydrogen-bond donors (Lipinski definition) is 11. The number of aromatic nitrogens is 4. The number of nitrogens with two attached hydrogens (primary N) is 6. The van der Waals surface area contributed by atoms with E-state index in [0.717, 1.165) is 54.9 Å². The van der Waals surface area contributed by atoms with Crippen molar-refractivity contribution >= 4 is 197 Å². The minimum atomic E-state index is -3.72. The second kappa shape index (κ2) is 37.8. The number of nitrogen functional groups attached to an aromatic ring is 5. The molecule has 0 unspecified atom stereocenters. The van der Waals surface area contributed by atoms with Crippen molar-refractivity contribution in [3.63, 3.8) is 0 Å². The number of carbonyl (C=O) groups excluding carboxylic acids is 2. The number of anilines is 5. The Morgan fingerprint density at radius 2 is 0.828 bits per heavy atom. The maximum atomic E-state index is 11.3. The van der Waals surface area contributed by atoms with Gasteiger partial charge in [0.1, 0.15) is 15.1 Å². The van der Waals surface area contributed by atoms with Crippen LogP contribution in [0, 0.1) is 56.0 Å². The van der Waals surface area contributed by atoms with Crippen LogP contribution < -0.4 is 45.5 Å². The predicted molar refractivity (Wildman–Crippen MR) is 343 cm³/mol. The van der Waals surface area contributed by atoms with Crippen LogP contribution in [0.1, 0.15) is 41.4 Å². The topological polar surface area (TPSA) is 649 Å². The summed E-state index contributed by atoms with van der Waals surface area (Å²) in [7, 11) is 7.20. The maximum absolute atomic E-state index is 11.3.